The fourth-order valence-corrected chi connectivity index (χ4v) is 3.31. The molecule has 1 aromatic carbocycles. The second-order valence-electron chi connectivity index (χ2n) is 5.85. The van der Waals surface area contributed by atoms with E-state index < -0.39 is 0 Å². The molecule has 0 fully saturated rings. The SMILES string of the molecule is CCCCNC(=O)Cc1ccc(-c2csc(-c3ccncc3)n2)cc1. The van der Waals surface area contributed by atoms with Crippen LogP contribution in [0, 0.1) is 0 Å². The molecule has 0 radical (unpaired) electrons. The van der Waals surface area contributed by atoms with E-state index in [0.29, 0.717) is 6.42 Å². The van der Waals surface area contributed by atoms with Gasteiger partial charge in [0.05, 0.1) is 12.1 Å². The van der Waals surface area contributed by atoms with Crippen LogP contribution in [0.25, 0.3) is 21.8 Å². The van der Waals surface area contributed by atoms with E-state index >= 15 is 0 Å². The summed E-state index contributed by atoms with van der Waals surface area (Å²) in [6.45, 7) is 2.87. The maximum Gasteiger partial charge on any atom is 0.224 e. The number of carbonyl (C=O) groups is 1. The van der Waals surface area contributed by atoms with Crippen molar-refractivity contribution in [3.63, 3.8) is 0 Å². The number of amides is 1. The molecule has 25 heavy (non-hydrogen) atoms. The van der Waals surface area contributed by atoms with Crippen molar-refractivity contribution >= 4 is 17.2 Å². The van der Waals surface area contributed by atoms with E-state index in [1.807, 2.05) is 36.4 Å². The molecule has 1 amide bonds. The summed E-state index contributed by atoms with van der Waals surface area (Å²) >= 11 is 1.62. The molecule has 0 unspecified atom stereocenters. The van der Waals surface area contributed by atoms with Crippen LogP contribution in [-0.4, -0.2) is 22.4 Å². The first kappa shape index (κ1) is 17.3. The standard InChI is InChI=1S/C20H21N3OS/c1-2-3-10-22-19(24)13-15-4-6-16(7-5-15)18-14-25-20(23-18)17-8-11-21-12-9-17/h4-9,11-12,14H,2-3,10,13H2,1H3,(H,22,24). The number of nitrogens with zero attached hydrogens (tertiary/aromatic N) is 2. The van der Waals surface area contributed by atoms with Gasteiger partial charge < -0.3 is 5.32 Å². The molecule has 0 aliphatic rings. The van der Waals surface area contributed by atoms with Crippen LogP contribution < -0.4 is 5.32 Å². The molecular formula is C20H21N3OS. The lowest BCUT2D eigenvalue weighted by molar-refractivity contribution is -0.120. The van der Waals surface area contributed by atoms with Gasteiger partial charge in [-0.3, -0.25) is 9.78 Å². The predicted octanol–water partition coefficient (Wildman–Crippen LogP) is 4.33. The largest absolute Gasteiger partial charge is 0.356 e. The number of carbonyl (C=O) groups excluding carboxylic acids is 1. The number of aromatic nitrogens is 2. The van der Waals surface area contributed by atoms with Crippen LogP contribution in [0.1, 0.15) is 25.3 Å². The highest BCUT2D eigenvalue weighted by Gasteiger charge is 2.08. The summed E-state index contributed by atoms with van der Waals surface area (Å²) in [4.78, 5) is 20.6. The van der Waals surface area contributed by atoms with Crippen LogP contribution in [0.4, 0.5) is 0 Å². The van der Waals surface area contributed by atoms with Crippen molar-refractivity contribution in [2.75, 3.05) is 6.54 Å². The molecule has 0 aliphatic heterocycles. The molecule has 0 aliphatic carbocycles. The van der Waals surface area contributed by atoms with Gasteiger partial charge in [-0.25, -0.2) is 4.98 Å². The first-order chi connectivity index (χ1) is 12.3. The number of unbranched alkanes of at least 4 members (excludes halogenated alkanes) is 1. The molecule has 3 rings (SSSR count). The van der Waals surface area contributed by atoms with Crippen LogP contribution >= 0.6 is 11.3 Å². The number of hydrogen-bond donors (Lipinski definition) is 1. The molecule has 0 saturated heterocycles. The molecule has 2 heterocycles. The van der Waals surface area contributed by atoms with Gasteiger partial charge in [-0.15, -0.1) is 11.3 Å². The second-order valence-corrected chi connectivity index (χ2v) is 6.71. The Kier molecular flexibility index (Phi) is 5.90. The number of pyridine rings is 1. The topological polar surface area (TPSA) is 54.9 Å². The van der Waals surface area contributed by atoms with Crippen molar-refractivity contribution in [2.45, 2.75) is 26.2 Å². The van der Waals surface area contributed by atoms with Gasteiger partial charge in [-0.1, -0.05) is 37.6 Å². The molecule has 5 heteroatoms. The first-order valence-corrected chi connectivity index (χ1v) is 9.36. The van der Waals surface area contributed by atoms with E-state index in [1.54, 1.807) is 23.7 Å². The molecular weight excluding hydrogens is 330 g/mol. The van der Waals surface area contributed by atoms with E-state index in [4.69, 9.17) is 4.98 Å². The number of hydrogen-bond acceptors (Lipinski definition) is 4. The minimum absolute atomic E-state index is 0.0785. The van der Waals surface area contributed by atoms with Gasteiger partial charge >= 0.3 is 0 Å². The van der Waals surface area contributed by atoms with E-state index in [1.165, 1.54) is 0 Å². The van der Waals surface area contributed by atoms with Crippen molar-refractivity contribution in [1.82, 2.24) is 15.3 Å². The van der Waals surface area contributed by atoms with Crippen LogP contribution in [-0.2, 0) is 11.2 Å². The van der Waals surface area contributed by atoms with Crippen LogP contribution in [0.15, 0.2) is 54.2 Å². The fourth-order valence-electron chi connectivity index (χ4n) is 2.48. The highest BCUT2D eigenvalue weighted by atomic mass is 32.1. The maximum atomic E-state index is 11.9. The van der Waals surface area contributed by atoms with E-state index in [9.17, 15) is 4.79 Å². The van der Waals surface area contributed by atoms with E-state index in [2.05, 4.69) is 22.6 Å². The molecule has 0 spiro atoms. The number of thiazole rings is 1. The highest BCUT2D eigenvalue weighted by Crippen LogP contribution is 2.28. The zero-order chi connectivity index (χ0) is 17.5. The second kappa shape index (κ2) is 8.53. The third-order valence-electron chi connectivity index (χ3n) is 3.90. The Morgan fingerprint density at radius 2 is 1.84 bits per heavy atom. The third-order valence-corrected chi connectivity index (χ3v) is 4.79. The van der Waals surface area contributed by atoms with Gasteiger partial charge in [0.2, 0.25) is 5.91 Å². The van der Waals surface area contributed by atoms with Gasteiger partial charge in [-0.05, 0) is 24.1 Å². The Morgan fingerprint density at radius 3 is 2.56 bits per heavy atom. The summed E-state index contributed by atoms with van der Waals surface area (Å²) in [7, 11) is 0. The van der Waals surface area contributed by atoms with Crippen LogP contribution in [0.5, 0.6) is 0 Å². The normalized spacial score (nSPS) is 10.6. The number of nitrogens with one attached hydrogen (secondary N) is 1. The molecule has 0 bridgehead atoms. The number of benzene rings is 1. The van der Waals surface area contributed by atoms with Crippen LogP contribution in [0.2, 0.25) is 0 Å². The monoisotopic (exact) mass is 351 g/mol. The Hall–Kier alpha value is -2.53. The summed E-state index contributed by atoms with van der Waals surface area (Å²) in [5.74, 6) is 0.0785. The zero-order valence-corrected chi connectivity index (χ0v) is 15.1. The minimum Gasteiger partial charge on any atom is -0.356 e. The average molecular weight is 351 g/mol. The minimum atomic E-state index is 0.0785. The van der Waals surface area contributed by atoms with Crippen molar-refractivity contribution in [3.8, 4) is 21.8 Å². The summed E-state index contributed by atoms with van der Waals surface area (Å²) in [6, 6.07) is 12.0. The van der Waals surface area contributed by atoms with E-state index in [0.717, 1.165) is 46.8 Å². The van der Waals surface area contributed by atoms with Gasteiger partial charge in [0.25, 0.3) is 0 Å². The summed E-state index contributed by atoms with van der Waals surface area (Å²) in [6.07, 6.45) is 6.08. The van der Waals surface area contributed by atoms with Crippen molar-refractivity contribution < 1.29 is 4.79 Å². The number of rotatable bonds is 7. The predicted molar refractivity (Wildman–Crippen MR) is 102 cm³/mol. The van der Waals surface area contributed by atoms with E-state index in [-0.39, 0.29) is 5.91 Å². The Balaban J connectivity index is 1.65. The van der Waals surface area contributed by atoms with Gasteiger partial charge in [0, 0.05) is 35.4 Å². The van der Waals surface area contributed by atoms with Crippen molar-refractivity contribution in [1.29, 1.82) is 0 Å². The zero-order valence-electron chi connectivity index (χ0n) is 14.2. The Morgan fingerprint density at radius 1 is 1.08 bits per heavy atom. The molecule has 2 aromatic heterocycles. The lowest BCUT2D eigenvalue weighted by Gasteiger charge is -2.05. The molecule has 1 N–H and O–H groups in total. The molecule has 0 saturated carbocycles. The molecule has 4 nitrogen and oxygen atoms in total. The smallest absolute Gasteiger partial charge is 0.224 e. The molecule has 0 atom stereocenters. The summed E-state index contributed by atoms with van der Waals surface area (Å²) in [5, 5.41) is 5.99. The van der Waals surface area contributed by atoms with Crippen LogP contribution in [0.3, 0.4) is 0 Å². The average Bonchev–Trinajstić information content (AvgIpc) is 3.13. The van der Waals surface area contributed by atoms with Crippen molar-refractivity contribution in [2.24, 2.45) is 0 Å². The van der Waals surface area contributed by atoms with Gasteiger partial charge in [0.1, 0.15) is 5.01 Å². The lowest BCUT2D eigenvalue weighted by atomic mass is 10.1. The maximum absolute atomic E-state index is 11.9. The summed E-state index contributed by atoms with van der Waals surface area (Å²) in [5.41, 5.74) is 4.11. The first-order valence-electron chi connectivity index (χ1n) is 8.48. The highest BCUT2D eigenvalue weighted by molar-refractivity contribution is 7.13. The third kappa shape index (κ3) is 4.73. The molecule has 3 aromatic rings. The summed E-state index contributed by atoms with van der Waals surface area (Å²) < 4.78 is 0. The fraction of sp³-hybridized carbons (Fsp3) is 0.250. The quantitative estimate of drug-likeness (QED) is 0.645. The van der Waals surface area contributed by atoms with Gasteiger partial charge in [0.15, 0.2) is 0 Å². The van der Waals surface area contributed by atoms with Gasteiger partial charge in [-0.2, -0.15) is 0 Å². The Bertz CT molecular complexity index is 812. The molecule has 128 valence electrons. The lowest BCUT2D eigenvalue weighted by Crippen LogP contribution is -2.25. The van der Waals surface area contributed by atoms with Crippen molar-refractivity contribution in [3.05, 3.63) is 59.7 Å². The Labute approximate surface area is 152 Å².